The van der Waals surface area contributed by atoms with Crippen LogP contribution in [0.3, 0.4) is 0 Å². The third-order valence-electron chi connectivity index (χ3n) is 2.49. The second kappa shape index (κ2) is 4.70. The van der Waals surface area contributed by atoms with Crippen molar-refractivity contribution >= 4 is 47.8 Å². The number of carbonyl (C=O) groups is 1. The SMILES string of the molecule is O=C1CCCN1S(=O)(=O)c1cc(Br)ccc1Br. The summed E-state index contributed by atoms with van der Waals surface area (Å²) in [4.78, 5) is 11.6. The van der Waals surface area contributed by atoms with Gasteiger partial charge in [0.05, 0.1) is 0 Å². The summed E-state index contributed by atoms with van der Waals surface area (Å²) in [5, 5.41) is 0. The maximum atomic E-state index is 12.3. The molecule has 1 saturated heterocycles. The molecule has 0 unspecified atom stereocenters. The number of carbonyl (C=O) groups excluding carboxylic acids is 1. The van der Waals surface area contributed by atoms with Gasteiger partial charge in [0.2, 0.25) is 5.91 Å². The number of sulfonamides is 1. The molecule has 1 heterocycles. The fraction of sp³-hybridized carbons (Fsp3) is 0.300. The zero-order valence-corrected chi connectivity index (χ0v) is 12.7. The molecular weight excluding hydrogens is 374 g/mol. The molecule has 1 amide bonds. The molecule has 1 aromatic carbocycles. The maximum Gasteiger partial charge on any atom is 0.267 e. The van der Waals surface area contributed by atoms with Crippen molar-refractivity contribution in [3.05, 3.63) is 27.1 Å². The summed E-state index contributed by atoms with van der Waals surface area (Å²) in [6, 6.07) is 4.86. The average molecular weight is 383 g/mol. The van der Waals surface area contributed by atoms with Gasteiger partial charge in [-0.15, -0.1) is 0 Å². The van der Waals surface area contributed by atoms with E-state index in [0.29, 0.717) is 21.8 Å². The number of amides is 1. The smallest absolute Gasteiger partial charge is 0.267 e. The van der Waals surface area contributed by atoms with E-state index in [4.69, 9.17) is 0 Å². The van der Waals surface area contributed by atoms with Crippen LogP contribution in [0.1, 0.15) is 12.8 Å². The first kappa shape index (κ1) is 13.0. The van der Waals surface area contributed by atoms with Gasteiger partial charge in [0, 0.05) is 21.9 Å². The minimum absolute atomic E-state index is 0.113. The largest absolute Gasteiger partial charge is 0.274 e. The van der Waals surface area contributed by atoms with E-state index in [1.807, 2.05) is 0 Å². The summed E-state index contributed by atoms with van der Waals surface area (Å²) >= 11 is 6.42. The van der Waals surface area contributed by atoms with E-state index in [1.165, 1.54) is 6.07 Å². The van der Waals surface area contributed by atoms with Gasteiger partial charge in [-0.1, -0.05) is 15.9 Å². The summed E-state index contributed by atoms with van der Waals surface area (Å²) in [6.45, 7) is 0.264. The van der Waals surface area contributed by atoms with E-state index >= 15 is 0 Å². The van der Waals surface area contributed by atoms with Crippen LogP contribution in [-0.2, 0) is 14.8 Å². The van der Waals surface area contributed by atoms with E-state index < -0.39 is 10.0 Å². The van der Waals surface area contributed by atoms with Crippen molar-refractivity contribution in [1.82, 2.24) is 4.31 Å². The Morgan fingerprint density at radius 1 is 1.24 bits per heavy atom. The number of rotatable bonds is 2. The number of nitrogens with zero attached hydrogens (tertiary/aromatic N) is 1. The van der Waals surface area contributed by atoms with Gasteiger partial charge < -0.3 is 0 Å². The Kier molecular flexibility index (Phi) is 3.61. The van der Waals surface area contributed by atoms with Gasteiger partial charge in [0.15, 0.2) is 0 Å². The normalized spacial score (nSPS) is 16.6. The zero-order valence-electron chi connectivity index (χ0n) is 8.69. The van der Waals surface area contributed by atoms with Crippen molar-refractivity contribution in [3.63, 3.8) is 0 Å². The minimum atomic E-state index is -3.73. The van der Waals surface area contributed by atoms with Crippen LogP contribution >= 0.6 is 31.9 Å². The molecule has 0 bridgehead atoms. The van der Waals surface area contributed by atoms with E-state index in [-0.39, 0.29) is 17.3 Å². The zero-order chi connectivity index (χ0) is 12.6. The Balaban J connectivity index is 2.51. The van der Waals surface area contributed by atoms with Crippen molar-refractivity contribution in [3.8, 4) is 0 Å². The quantitative estimate of drug-likeness (QED) is 0.789. The van der Waals surface area contributed by atoms with E-state index in [9.17, 15) is 13.2 Å². The summed E-state index contributed by atoms with van der Waals surface area (Å²) in [5.74, 6) is -0.336. The third kappa shape index (κ3) is 2.41. The molecule has 0 saturated carbocycles. The fourth-order valence-corrected chi connectivity index (χ4v) is 4.60. The molecule has 0 aliphatic carbocycles. The van der Waals surface area contributed by atoms with Crippen molar-refractivity contribution < 1.29 is 13.2 Å². The predicted octanol–water partition coefficient (Wildman–Crippen LogP) is 2.52. The van der Waals surface area contributed by atoms with Gasteiger partial charge in [-0.3, -0.25) is 4.79 Å². The summed E-state index contributed by atoms with van der Waals surface area (Å²) < 4.78 is 26.6. The topological polar surface area (TPSA) is 54.5 Å². The number of hydrogen-bond acceptors (Lipinski definition) is 3. The van der Waals surface area contributed by atoms with Crippen molar-refractivity contribution in [2.45, 2.75) is 17.7 Å². The molecule has 17 heavy (non-hydrogen) atoms. The minimum Gasteiger partial charge on any atom is -0.274 e. The Hall–Kier alpha value is -0.400. The van der Waals surface area contributed by atoms with Crippen molar-refractivity contribution in [1.29, 1.82) is 0 Å². The molecule has 7 heteroatoms. The maximum absolute atomic E-state index is 12.3. The second-order valence-electron chi connectivity index (χ2n) is 3.65. The van der Waals surface area contributed by atoms with Crippen LogP contribution in [0.2, 0.25) is 0 Å². The third-order valence-corrected chi connectivity index (χ3v) is 5.80. The highest BCUT2D eigenvalue weighted by Crippen LogP contribution is 2.30. The van der Waals surface area contributed by atoms with Crippen LogP contribution in [0.25, 0.3) is 0 Å². The molecule has 1 aliphatic rings. The number of hydrogen-bond donors (Lipinski definition) is 0. The first-order valence-electron chi connectivity index (χ1n) is 4.93. The molecule has 2 rings (SSSR count). The molecule has 1 fully saturated rings. The summed E-state index contributed by atoms with van der Waals surface area (Å²) in [7, 11) is -3.73. The Bertz CT molecular complexity index is 571. The lowest BCUT2D eigenvalue weighted by molar-refractivity contribution is -0.123. The van der Waals surface area contributed by atoms with Crippen LogP contribution in [0, 0.1) is 0 Å². The molecule has 1 aromatic rings. The molecule has 0 spiro atoms. The lowest BCUT2D eigenvalue weighted by Gasteiger charge is -2.17. The monoisotopic (exact) mass is 381 g/mol. The lowest BCUT2D eigenvalue weighted by atomic mass is 10.4. The molecule has 0 atom stereocenters. The molecule has 4 nitrogen and oxygen atoms in total. The lowest BCUT2D eigenvalue weighted by Crippen LogP contribution is -2.32. The standard InChI is InChI=1S/C10H9Br2NO3S/c11-7-3-4-8(12)9(6-7)17(15,16)13-5-1-2-10(13)14/h3-4,6H,1-2,5H2. The first-order valence-corrected chi connectivity index (χ1v) is 7.96. The molecular formula is C10H9Br2NO3S. The van der Waals surface area contributed by atoms with Crippen molar-refractivity contribution in [2.75, 3.05) is 6.54 Å². The summed E-state index contributed by atoms with van der Waals surface area (Å²) in [6.07, 6.45) is 0.883. The van der Waals surface area contributed by atoms with Crippen LogP contribution in [0.4, 0.5) is 0 Å². The van der Waals surface area contributed by atoms with Gasteiger partial charge in [0.1, 0.15) is 4.90 Å². The first-order chi connectivity index (χ1) is 7.93. The Morgan fingerprint density at radius 2 is 1.94 bits per heavy atom. The Morgan fingerprint density at radius 3 is 2.53 bits per heavy atom. The van der Waals surface area contributed by atoms with Gasteiger partial charge in [-0.25, -0.2) is 12.7 Å². The van der Waals surface area contributed by atoms with E-state index in [0.717, 1.165) is 4.31 Å². The van der Waals surface area contributed by atoms with E-state index in [1.54, 1.807) is 12.1 Å². The molecule has 0 radical (unpaired) electrons. The predicted molar refractivity (Wildman–Crippen MR) is 70.0 cm³/mol. The number of halogens is 2. The molecule has 1 aliphatic heterocycles. The number of benzene rings is 1. The summed E-state index contributed by atoms with van der Waals surface area (Å²) in [5.41, 5.74) is 0. The Labute approximate surface area is 116 Å². The highest BCUT2D eigenvalue weighted by atomic mass is 79.9. The van der Waals surface area contributed by atoms with Crippen LogP contribution in [-0.4, -0.2) is 25.2 Å². The van der Waals surface area contributed by atoms with Gasteiger partial charge in [-0.2, -0.15) is 0 Å². The molecule has 0 N–H and O–H groups in total. The van der Waals surface area contributed by atoms with Crippen LogP contribution in [0.5, 0.6) is 0 Å². The van der Waals surface area contributed by atoms with Crippen molar-refractivity contribution in [2.24, 2.45) is 0 Å². The highest BCUT2D eigenvalue weighted by Gasteiger charge is 2.34. The molecule has 92 valence electrons. The fourth-order valence-electron chi connectivity index (χ4n) is 1.67. The highest BCUT2D eigenvalue weighted by molar-refractivity contribution is 9.11. The van der Waals surface area contributed by atoms with E-state index in [2.05, 4.69) is 31.9 Å². The van der Waals surface area contributed by atoms with Gasteiger partial charge in [-0.05, 0) is 40.5 Å². The average Bonchev–Trinajstić information content (AvgIpc) is 2.68. The van der Waals surface area contributed by atoms with Crippen LogP contribution in [0.15, 0.2) is 32.0 Å². The van der Waals surface area contributed by atoms with Crippen LogP contribution < -0.4 is 0 Å². The van der Waals surface area contributed by atoms with Gasteiger partial charge in [0.25, 0.3) is 10.0 Å². The molecule has 0 aromatic heterocycles. The van der Waals surface area contributed by atoms with Gasteiger partial charge >= 0.3 is 0 Å². The second-order valence-corrected chi connectivity index (χ2v) is 7.25.